The quantitative estimate of drug-likeness (QED) is 0.701. The van der Waals surface area contributed by atoms with Gasteiger partial charge in [-0.15, -0.1) is 0 Å². The molecule has 0 radical (unpaired) electrons. The average molecular weight is 211 g/mol. The Morgan fingerprint density at radius 1 is 1.33 bits per heavy atom. The van der Waals surface area contributed by atoms with Crippen LogP contribution in [0.5, 0.6) is 0 Å². The Hall–Kier alpha value is -0.610. The predicted octanol–water partition coefficient (Wildman–Crippen LogP) is 0.0303. The number of hydrogen-bond acceptors (Lipinski definition) is 3. The zero-order chi connectivity index (χ0) is 10.8. The van der Waals surface area contributed by atoms with Crippen molar-refractivity contribution in [1.82, 2.24) is 9.80 Å². The van der Waals surface area contributed by atoms with Crippen molar-refractivity contribution in [2.45, 2.75) is 37.8 Å². The first-order valence-corrected chi connectivity index (χ1v) is 5.95. The van der Waals surface area contributed by atoms with E-state index in [1.807, 2.05) is 11.9 Å². The Morgan fingerprint density at radius 2 is 2.00 bits per heavy atom. The van der Waals surface area contributed by atoms with Gasteiger partial charge in [0.2, 0.25) is 5.91 Å². The number of hydrogen-bond donors (Lipinski definition) is 1. The molecule has 0 spiro atoms. The van der Waals surface area contributed by atoms with E-state index in [2.05, 4.69) is 4.90 Å². The topological polar surface area (TPSA) is 49.6 Å². The van der Waals surface area contributed by atoms with Crippen molar-refractivity contribution in [2.75, 3.05) is 26.7 Å². The number of nitrogens with two attached hydrogens (primary N) is 1. The number of nitrogens with zero attached hydrogens (tertiary/aromatic N) is 2. The van der Waals surface area contributed by atoms with Crippen molar-refractivity contribution in [3.63, 3.8) is 0 Å². The number of carbonyl (C=O) groups is 1. The molecular weight excluding hydrogens is 190 g/mol. The Balaban J connectivity index is 2.06. The molecule has 0 aromatic heterocycles. The lowest BCUT2D eigenvalue weighted by atomic mass is 10.1. The van der Waals surface area contributed by atoms with E-state index in [9.17, 15) is 4.79 Å². The summed E-state index contributed by atoms with van der Waals surface area (Å²) < 4.78 is 0. The molecule has 1 saturated carbocycles. The standard InChI is InChI=1S/C11H21N3O/c1-13-6-7-14(9-4-2-3-5-9)10(8-12)11(13)15/h9-10H,2-8,12H2,1H3. The summed E-state index contributed by atoms with van der Waals surface area (Å²) in [4.78, 5) is 16.1. The van der Waals surface area contributed by atoms with E-state index in [0.717, 1.165) is 13.1 Å². The first-order chi connectivity index (χ1) is 7.24. The third kappa shape index (κ3) is 2.01. The van der Waals surface area contributed by atoms with E-state index >= 15 is 0 Å². The van der Waals surface area contributed by atoms with Gasteiger partial charge < -0.3 is 10.6 Å². The smallest absolute Gasteiger partial charge is 0.241 e. The average Bonchev–Trinajstić information content (AvgIpc) is 2.75. The Kier molecular flexibility index (Phi) is 3.26. The molecule has 15 heavy (non-hydrogen) atoms. The molecule has 1 heterocycles. The van der Waals surface area contributed by atoms with Gasteiger partial charge in [0.25, 0.3) is 0 Å². The largest absolute Gasteiger partial charge is 0.343 e. The molecule has 1 aliphatic heterocycles. The van der Waals surface area contributed by atoms with Gasteiger partial charge in [-0.1, -0.05) is 12.8 Å². The summed E-state index contributed by atoms with van der Waals surface area (Å²) in [6.45, 7) is 2.31. The number of piperazine rings is 1. The molecule has 2 rings (SSSR count). The van der Waals surface area contributed by atoms with Crippen molar-refractivity contribution in [1.29, 1.82) is 0 Å². The van der Waals surface area contributed by atoms with E-state index in [1.165, 1.54) is 25.7 Å². The van der Waals surface area contributed by atoms with Crippen molar-refractivity contribution in [3.05, 3.63) is 0 Å². The molecule has 0 aromatic rings. The highest BCUT2D eigenvalue weighted by atomic mass is 16.2. The van der Waals surface area contributed by atoms with Crippen molar-refractivity contribution in [2.24, 2.45) is 5.73 Å². The van der Waals surface area contributed by atoms with Gasteiger partial charge in [0.15, 0.2) is 0 Å². The third-order valence-electron chi connectivity index (χ3n) is 3.77. The molecule has 0 bridgehead atoms. The van der Waals surface area contributed by atoms with Gasteiger partial charge in [-0.05, 0) is 12.8 Å². The Morgan fingerprint density at radius 3 is 2.60 bits per heavy atom. The maximum Gasteiger partial charge on any atom is 0.241 e. The number of likely N-dealkylation sites (N-methyl/N-ethyl adjacent to an activating group) is 1. The van der Waals surface area contributed by atoms with Crippen LogP contribution in [-0.2, 0) is 4.79 Å². The van der Waals surface area contributed by atoms with Crippen LogP contribution in [0, 0.1) is 0 Å². The summed E-state index contributed by atoms with van der Waals surface area (Å²) >= 11 is 0. The van der Waals surface area contributed by atoms with Crippen LogP contribution in [-0.4, -0.2) is 54.5 Å². The molecular formula is C11H21N3O. The predicted molar refractivity (Wildman–Crippen MR) is 59.4 cm³/mol. The second kappa shape index (κ2) is 4.49. The zero-order valence-electron chi connectivity index (χ0n) is 9.48. The SMILES string of the molecule is CN1CCN(C2CCCC2)C(CN)C1=O. The summed E-state index contributed by atoms with van der Waals surface area (Å²) in [6, 6.07) is 0.544. The molecule has 1 saturated heterocycles. The lowest BCUT2D eigenvalue weighted by Crippen LogP contribution is -2.60. The highest BCUT2D eigenvalue weighted by molar-refractivity contribution is 5.82. The summed E-state index contributed by atoms with van der Waals surface area (Å²) in [7, 11) is 1.87. The fourth-order valence-electron chi connectivity index (χ4n) is 2.84. The van der Waals surface area contributed by atoms with E-state index in [-0.39, 0.29) is 11.9 Å². The number of amides is 1. The van der Waals surface area contributed by atoms with Crippen LogP contribution in [0.1, 0.15) is 25.7 Å². The first kappa shape index (κ1) is 10.9. The van der Waals surface area contributed by atoms with Crippen LogP contribution >= 0.6 is 0 Å². The first-order valence-electron chi connectivity index (χ1n) is 5.95. The normalized spacial score (nSPS) is 30.1. The highest BCUT2D eigenvalue weighted by Crippen LogP contribution is 2.26. The van der Waals surface area contributed by atoms with Crippen LogP contribution in [0.4, 0.5) is 0 Å². The van der Waals surface area contributed by atoms with Gasteiger partial charge in [-0.3, -0.25) is 9.69 Å². The van der Waals surface area contributed by atoms with Gasteiger partial charge in [0.05, 0.1) is 0 Å². The summed E-state index contributed by atoms with van der Waals surface area (Å²) in [5.74, 6) is 0.204. The number of carbonyl (C=O) groups excluding carboxylic acids is 1. The Bertz CT molecular complexity index is 238. The van der Waals surface area contributed by atoms with Gasteiger partial charge in [-0.25, -0.2) is 0 Å². The molecule has 4 heteroatoms. The summed E-state index contributed by atoms with van der Waals surface area (Å²) in [5.41, 5.74) is 5.72. The van der Waals surface area contributed by atoms with Crippen LogP contribution in [0.15, 0.2) is 0 Å². The second-order valence-corrected chi connectivity index (χ2v) is 4.69. The van der Waals surface area contributed by atoms with Gasteiger partial charge in [0.1, 0.15) is 6.04 Å². The van der Waals surface area contributed by atoms with E-state index in [4.69, 9.17) is 5.73 Å². The molecule has 1 unspecified atom stereocenters. The van der Waals surface area contributed by atoms with E-state index in [1.54, 1.807) is 0 Å². The third-order valence-corrected chi connectivity index (χ3v) is 3.77. The lowest BCUT2D eigenvalue weighted by Gasteiger charge is -2.41. The maximum atomic E-state index is 11.9. The van der Waals surface area contributed by atoms with Crippen molar-refractivity contribution in [3.8, 4) is 0 Å². The summed E-state index contributed by atoms with van der Waals surface area (Å²) in [6.07, 6.45) is 5.10. The van der Waals surface area contributed by atoms with Crippen LogP contribution in [0.25, 0.3) is 0 Å². The molecule has 86 valence electrons. The molecule has 2 aliphatic rings. The molecule has 0 aromatic carbocycles. The minimum Gasteiger partial charge on any atom is -0.343 e. The molecule has 4 nitrogen and oxygen atoms in total. The monoisotopic (exact) mass is 211 g/mol. The minimum atomic E-state index is -0.0631. The molecule has 2 fully saturated rings. The summed E-state index contributed by atoms with van der Waals surface area (Å²) in [5, 5.41) is 0. The van der Waals surface area contributed by atoms with Crippen LogP contribution in [0.2, 0.25) is 0 Å². The fourth-order valence-corrected chi connectivity index (χ4v) is 2.84. The van der Waals surface area contributed by atoms with Crippen LogP contribution in [0.3, 0.4) is 0 Å². The van der Waals surface area contributed by atoms with E-state index < -0.39 is 0 Å². The molecule has 1 atom stereocenters. The van der Waals surface area contributed by atoms with E-state index in [0.29, 0.717) is 12.6 Å². The molecule has 1 amide bonds. The maximum absolute atomic E-state index is 11.9. The highest BCUT2D eigenvalue weighted by Gasteiger charge is 2.36. The van der Waals surface area contributed by atoms with Crippen LogP contribution < -0.4 is 5.73 Å². The fraction of sp³-hybridized carbons (Fsp3) is 0.909. The van der Waals surface area contributed by atoms with Gasteiger partial charge >= 0.3 is 0 Å². The number of rotatable bonds is 2. The minimum absolute atomic E-state index is 0.0631. The molecule has 1 aliphatic carbocycles. The van der Waals surface area contributed by atoms with Gasteiger partial charge in [0, 0.05) is 32.7 Å². The van der Waals surface area contributed by atoms with Crippen molar-refractivity contribution >= 4 is 5.91 Å². The second-order valence-electron chi connectivity index (χ2n) is 4.69. The van der Waals surface area contributed by atoms with Gasteiger partial charge in [-0.2, -0.15) is 0 Å². The molecule has 2 N–H and O–H groups in total. The lowest BCUT2D eigenvalue weighted by molar-refractivity contribution is -0.141. The van der Waals surface area contributed by atoms with Crippen molar-refractivity contribution < 1.29 is 4.79 Å². The zero-order valence-corrected chi connectivity index (χ0v) is 9.48. The Labute approximate surface area is 91.4 Å².